The van der Waals surface area contributed by atoms with E-state index in [9.17, 15) is 14.4 Å². The van der Waals surface area contributed by atoms with E-state index in [4.69, 9.17) is 33.7 Å². The Balaban J connectivity index is 1.70. The van der Waals surface area contributed by atoms with Crippen molar-refractivity contribution in [2.45, 2.75) is 19.4 Å². The summed E-state index contributed by atoms with van der Waals surface area (Å²) in [5.74, 6) is -1.59. The summed E-state index contributed by atoms with van der Waals surface area (Å²) in [6.07, 6.45) is 1.04. The number of carbonyl (C=O) groups is 3. The van der Waals surface area contributed by atoms with Gasteiger partial charge in [0, 0.05) is 10.6 Å². The number of benzene rings is 2. The van der Waals surface area contributed by atoms with Crippen LogP contribution in [0.4, 0.5) is 0 Å². The first-order valence-corrected chi connectivity index (χ1v) is 10.7. The third-order valence-electron chi connectivity index (χ3n) is 4.20. The van der Waals surface area contributed by atoms with Crippen LogP contribution in [0.5, 0.6) is 5.75 Å². The first-order valence-electron chi connectivity index (χ1n) is 9.12. The summed E-state index contributed by atoms with van der Waals surface area (Å²) >= 11 is 12.2. The predicted octanol–water partition coefficient (Wildman–Crippen LogP) is 4.13. The van der Waals surface area contributed by atoms with E-state index >= 15 is 0 Å². The molecular weight excluding hydrogens is 460 g/mol. The third kappa shape index (κ3) is 5.63. The molecule has 0 aliphatic carbocycles. The number of amides is 2. The molecule has 1 fully saturated rings. The zero-order valence-electron chi connectivity index (χ0n) is 16.2. The molecule has 10 heteroatoms. The highest BCUT2D eigenvalue weighted by Crippen LogP contribution is 2.32. The fourth-order valence-electron chi connectivity index (χ4n) is 2.63. The van der Waals surface area contributed by atoms with Gasteiger partial charge in [0.1, 0.15) is 5.75 Å². The zero-order valence-corrected chi connectivity index (χ0v) is 18.6. The molecule has 2 aromatic carbocycles. The maximum atomic E-state index is 12.7. The topological polar surface area (TPSA) is 95.9 Å². The molecule has 0 spiro atoms. The minimum absolute atomic E-state index is 0.193. The second-order valence-corrected chi connectivity index (χ2v) is 8.50. The van der Waals surface area contributed by atoms with E-state index in [2.05, 4.69) is 5.43 Å². The number of thioether (sulfide) groups is 1. The molecule has 1 unspecified atom stereocenters. The van der Waals surface area contributed by atoms with Gasteiger partial charge in [0.25, 0.3) is 11.8 Å². The fraction of sp³-hybridized carbons (Fsp3) is 0.143. The fourth-order valence-corrected chi connectivity index (χ4v) is 4.00. The van der Waals surface area contributed by atoms with Crippen molar-refractivity contribution < 1.29 is 24.2 Å². The van der Waals surface area contributed by atoms with E-state index in [1.807, 2.05) is 0 Å². The van der Waals surface area contributed by atoms with Crippen molar-refractivity contribution >= 4 is 63.8 Å². The number of carboxylic acids is 1. The number of nitrogens with one attached hydrogen (secondary N) is 1. The highest BCUT2D eigenvalue weighted by Gasteiger charge is 2.33. The number of halogens is 1. The van der Waals surface area contributed by atoms with E-state index in [1.54, 1.807) is 55.5 Å². The highest BCUT2D eigenvalue weighted by molar-refractivity contribution is 8.26. The lowest BCUT2D eigenvalue weighted by Crippen LogP contribution is -2.44. The van der Waals surface area contributed by atoms with Crippen LogP contribution >= 0.6 is 35.6 Å². The second-order valence-electron chi connectivity index (χ2n) is 6.39. The summed E-state index contributed by atoms with van der Waals surface area (Å²) in [5, 5.41) is 10.5. The van der Waals surface area contributed by atoms with Crippen LogP contribution in [0.15, 0.2) is 53.4 Å². The van der Waals surface area contributed by atoms with Crippen molar-refractivity contribution in [3.8, 4) is 5.75 Å². The Labute approximate surface area is 193 Å². The van der Waals surface area contributed by atoms with Crippen molar-refractivity contribution in [1.29, 1.82) is 0 Å². The van der Waals surface area contributed by atoms with Crippen molar-refractivity contribution in [3.63, 3.8) is 0 Å². The van der Waals surface area contributed by atoms with Gasteiger partial charge < -0.3 is 9.84 Å². The summed E-state index contributed by atoms with van der Waals surface area (Å²) < 4.78 is 5.61. The van der Waals surface area contributed by atoms with Crippen LogP contribution in [0.3, 0.4) is 0 Å². The molecule has 1 saturated heterocycles. The summed E-state index contributed by atoms with van der Waals surface area (Å²) in [6, 6.07) is 13.0. The number of nitrogens with zero attached hydrogens (tertiary/aromatic N) is 1. The molecule has 1 aliphatic rings. The molecule has 3 rings (SSSR count). The van der Waals surface area contributed by atoms with E-state index in [-0.39, 0.29) is 4.32 Å². The molecule has 0 aromatic heterocycles. The van der Waals surface area contributed by atoms with Crippen LogP contribution in [0.2, 0.25) is 5.02 Å². The van der Waals surface area contributed by atoms with Gasteiger partial charge in [0.15, 0.2) is 10.4 Å². The predicted molar refractivity (Wildman–Crippen MR) is 123 cm³/mol. The Morgan fingerprint density at radius 1 is 1.29 bits per heavy atom. The van der Waals surface area contributed by atoms with Gasteiger partial charge in [-0.25, -0.2) is 4.79 Å². The molecule has 7 nitrogen and oxygen atoms in total. The average molecular weight is 477 g/mol. The quantitative estimate of drug-likeness (QED) is 0.458. The Morgan fingerprint density at radius 3 is 2.61 bits per heavy atom. The maximum Gasteiger partial charge on any atom is 0.344 e. The number of rotatable bonds is 7. The van der Waals surface area contributed by atoms with Gasteiger partial charge in [-0.2, -0.15) is 5.01 Å². The molecule has 2 aromatic rings. The van der Waals surface area contributed by atoms with Crippen molar-refractivity contribution in [3.05, 3.63) is 69.6 Å². The summed E-state index contributed by atoms with van der Waals surface area (Å²) in [5.41, 5.74) is 3.48. The van der Waals surface area contributed by atoms with Gasteiger partial charge in [-0.05, 0) is 60.6 Å². The molecule has 160 valence electrons. The Hall–Kier alpha value is -2.88. The minimum Gasteiger partial charge on any atom is -0.479 e. The van der Waals surface area contributed by atoms with E-state index in [0.717, 1.165) is 16.8 Å². The average Bonchev–Trinajstić information content (AvgIpc) is 3.00. The number of hydrogen-bond acceptors (Lipinski definition) is 6. The highest BCUT2D eigenvalue weighted by atomic mass is 35.5. The maximum absolute atomic E-state index is 12.7. The monoisotopic (exact) mass is 476 g/mol. The molecule has 2 amide bonds. The van der Waals surface area contributed by atoms with Gasteiger partial charge in [0.05, 0.1) is 4.91 Å². The number of hydrogen-bond donors (Lipinski definition) is 2. The summed E-state index contributed by atoms with van der Waals surface area (Å²) in [6.45, 7) is 1.72. The smallest absolute Gasteiger partial charge is 0.344 e. The second kappa shape index (κ2) is 9.95. The van der Waals surface area contributed by atoms with Crippen LogP contribution in [-0.4, -0.2) is 38.3 Å². The SMILES string of the molecule is CCC(Oc1ccc(/C=C2/SC(=S)N(NC(=O)c3cccc(Cl)c3)C2=O)cc1)C(=O)O. The molecule has 1 atom stereocenters. The number of aliphatic carboxylic acids is 1. The summed E-state index contributed by atoms with van der Waals surface area (Å²) in [7, 11) is 0. The number of hydrazine groups is 1. The van der Waals surface area contributed by atoms with Crippen molar-refractivity contribution in [2.24, 2.45) is 0 Å². The van der Waals surface area contributed by atoms with Crippen molar-refractivity contribution in [2.75, 3.05) is 0 Å². The van der Waals surface area contributed by atoms with Crippen LogP contribution in [0.25, 0.3) is 6.08 Å². The number of carbonyl (C=O) groups excluding carboxylic acids is 2. The lowest BCUT2D eigenvalue weighted by atomic mass is 10.2. The lowest BCUT2D eigenvalue weighted by Gasteiger charge is -2.15. The molecule has 0 saturated carbocycles. The van der Waals surface area contributed by atoms with Crippen molar-refractivity contribution in [1.82, 2.24) is 10.4 Å². The lowest BCUT2D eigenvalue weighted by molar-refractivity contribution is -0.145. The van der Waals surface area contributed by atoms with Crippen LogP contribution < -0.4 is 10.2 Å². The number of thiocarbonyl (C=S) groups is 1. The third-order valence-corrected chi connectivity index (χ3v) is 5.73. The Kier molecular flexibility index (Phi) is 7.32. The Bertz CT molecular complexity index is 1070. The molecule has 1 aliphatic heterocycles. The first-order chi connectivity index (χ1) is 14.8. The number of ether oxygens (including phenoxy) is 1. The van der Waals surface area contributed by atoms with E-state index < -0.39 is 23.9 Å². The Morgan fingerprint density at radius 2 is 2.00 bits per heavy atom. The van der Waals surface area contributed by atoms with Crippen LogP contribution in [0, 0.1) is 0 Å². The largest absolute Gasteiger partial charge is 0.479 e. The van der Waals surface area contributed by atoms with Gasteiger partial charge in [0.2, 0.25) is 0 Å². The molecule has 0 bridgehead atoms. The molecule has 2 N–H and O–H groups in total. The number of carboxylic acid groups (broad SMARTS) is 1. The molecule has 0 radical (unpaired) electrons. The minimum atomic E-state index is -1.03. The van der Waals surface area contributed by atoms with E-state index in [1.165, 1.54) is 6.07 Å². The normalized spacial score (nSPS) is 15.8. The molecule has 1 heterocycles. The van der Waals surface area contributed by atoms with E-state index in [0.29, 0.717) is 33.2 Å². The first kappa shape index (κ1) is 22.8. The van der Waals surface area contributed by atoms with Gasteiger partial charge in [-0.15, -0.1) is 0 Å². The van der Waals surface area contributed by atoms with Gasteiger partial charge >= 0.3 is 5.97 Å². The summed E-state index contributed by atoms with van der Waals surface area (Å²) in [4.78, 5) is 36.5. The standard InChI is InChI=1S/C21H17ClN2O5S2/c1-2-16(20(27)28)29-15-8-6-12(7-9-15)10-17-19(26)24(21(30)31-17)23-18(25)13-4-3-5-14(22)11-13/h3-11,16H,2H2,1H3,(H,23,25)(H,27,28)/b17-10+. The molecular formula is C21H17ClN2O5S2. The zero-order chi connectivity index (χ0) is 22.5. The van der Waals surface area contributed by atoms with Gasteiger partial charge in [-0.1, -0.05) is 48.5 Å². The van der Waals surface area contributed by atoms with Crippen LogP contribution in [0.1, 0.15) is 29.3 Å². The molecule has 31 heavy (non-hydrogen) atoms. The van der Waals surface area contributed by atoms with Gasteiger partial charge in [-0.3, -0.25) is 15.0 Å². The van der Waals surface area contributed by atoms with Crippen LogP contribution in [-0.2, 0) is 9.59 Å².